The summed E-state index contributed by atoms with van der Waals surface area (Å²) >= 11 is 0. The van der Waals surface area contributed by atoms with Gasteiger partial charge in [-0.2, -0.15) is 0 Å². The van der Waals surface area contributed by atoms with Crippen LogP contribution in [-0.4, -0.2) is 29.4 Å². The van der Waals surface area contributed by atoms with Crippen LogP contribution in [0, 0.1) is 0 Å². The van der Waals surface area contributed by atoms with Crippen LogP contribution in [0.15, 0.2) is 84.9 Å². The van der Waals surface area contributed by atoms with E-state index in [-0.39, 0.29) is 25.2 Å². The van der Waals surface area contributed by atoms with Crippen molar-refractivity contribution in [2.75, 3.05) is 6.61 Å². The summed E-state index contributed by atoms with van der Waals surface area (Å²) in [6, 6.07) is 26.2. The molecule has 0 radical (unpaired) electrons. The Labute approximate surface area is 183 Å². The number of nitrogens with zero attached hydrogens (tertiary/aromatic N) is 1. The van der Waals surface area contributed by atoms with Crippen molar-refractivity contribution in [1.82, 2.24) is 4.90 Å². The molecule has 3 aromatic carbocycles. The van der Waals surface area contributed by atoms with E-state index in [4.69, 9.17) is 9.47 Å². The minimum Gasteiger partial charge on any atom is -0.489 e. The quantitative estimate of drug-likeness (QED) is 0.467. The largest absolute Gasteiger partial charge is 0.489 e. The average Bonchev–Trinajstić information content (AvgIpc) is 2.80. The van der Waals surface area contributed by atoms with Gasteiger partial charge in [-0.3, -0.25) is 4.79 Å². The number of esters is 1. The highest BCUT2D eigenvalue weighted by Crippen LogP contribution is 2.16. The number of carbonyl (C=O) groups is 2. The van der Waals surface area contributed by atoms with Crippen LogP contribution < -0.4 is 4.74 Å². The third kappa shape index (κ3) is 6.44. The molecular weight excluding hydrogens is 390 g/mol. The minimum absolute atomic E-state index is 0.0158. The van der Waals surface area contributed by atoms with Gasteiger partial charge in [-0.25, -0.2) is 4.79 Å². The molecule has 0 unspecified atom stereocenters. The fourth-order valence-electron chi connectivity index (χ4n) is 3.15. The number of hydrogen-bond donors (Lipinski definition) is 0. The summed E-state index contributed by atoms with van der Waals surface area (Å²) in [7, 11) is 0. The van der Waals surface area contributed by atoms with Gasteiger partial charge in [0.2, 0.25) is 0 Å². The predicted octanol–water partition coefficient (Wildman–Crippen LogP) is 4.86. The molecule has 0 atom stereocenters. The fraction of sp³-hybridized carbons (Fsp3) is 0.231. The van der Waals surface area contributed by atoms with Gasteiger partial charge in [0.25, 0.3) is 5.91 Å². The number of hydrogen-bond acceptors (Lipinski definition) is 4. The van der Waals surface area contributed by atoms with Gasteiger partial charge >= 0.3 is 5.97 Å². The van der Waals surface area contributed by atoms with Crippen molar-refractivity contribution < 1.29 is 19.1 Å². The predicted molar refractivity (Wildman–Crippen MR) is 120 cm³/mol. The summed E-state index contributed by atoms with van der Waals surface area (Å²) in [5.74, 6) is -0.0522. The van der Waals surface area contributed by atoms with Crippen molar-refractivity contribution in [3.8, 4) is 5.75 Å². The highest BCUT2D eigenvalue weighted by atomic mass is 16.5. The van der Waals surface area contributed by atoms with E-state index in [1.807, 2.05) is 86.6 Å². The highest BCUT2D eigenvalue weighted by molar-refractivity contribution is 5.92. The molecule has 5 nitrogen and oxygen atoms in total. The third-order valence-corrected chi connectivity index (χ3v) is 4.84. The number of rotatable bonds is 9. The van der Waals surface area contributed by atoms with E-state index in [0.717, 1.165) is 5.56 Å². The van der Waals surface area contributed by atoms with Gasteiger partial charge in [-0.1, -0.05) is 66.7 Å². The van der Waals surface area contributed by atoms with E-state index in [2.05, 4.69) is 0 Å². The zero-order valence-electron chi connectivity index (χ0n) is 17.9. The first kappa shape index (κ1) is 22.1. The second kappa shape index (κ2) is 11.0. The number of carbonyl (C=O) groups excluding carboxylic acids is 2. The lowest BCUT2D eigenvalue weighted by Crippen LogP contribution is -2.39. The zero-order valence-corrected chi connectivity index (χ0v) is 17.9. The van der Waals surface area contributed by atoms with Crippen molar-refractivity contribution in [2.24, 2.45) is 0 Å². The van der Waals surface area contributed by atoms with Gasteiger partial charge in [-0.05, 0) is 37.6 Å². The molecule has 3 aromatic rings. The molecule has 3 rings (SSSR count). The first-order chi connectivity index (χ1) is 15.0. The Bertz CT molecular complexity index is 987. The Kier molecular flexibility index (Phi) is 7.82. The van der Waals surface area contributed by atoms with Crippen LogP contribution in [-0.2, 0) is 22.7 Å². The lowest BCUT2D eigenvalue weighted by atomic mass is 10.1. The van der Waals surface area contributed by atoms with Crippen molar-refractivity contribution in [1.29, 1.82) is 0 Å². The average molecular weight is 418 g/mol. The second-order valence-electron chi connectivity index (χ2n) is 7.44. The van der Waals surface area contributed by atoms with Gasteiger partial charge in [0.1, 0.15) is 12.4 Å². The van der Waals surface area contributed by atoms with Crippen LogP contribution in [0.5, 0.6) is 5.75 Å². The van der Waals surface area contributed by atoms with Gasteiger partial charge in [0.15, 0.2) is 6.61 Å². The highest BCUT2D eigenvalue weighted by Gasteiger charge is 2.20. The Morgan fingerprint density at radius 1 is 0.839 bits per heavy atom. The molecule has 5 heteroatoms. The summed E-state index contributed by atoms with van der Waals surface area (Å²) in [5.41, 5.74) is 2.12. The first-order valence-corrected chi connectivity index (χ1v) is 10.3. The summed E-state index contributed by atoms with van der Waals surface area (Å²) in [4.78, 5) is 27.1. The summed E-state index contributed by atoms with van der Waals surface area (Å²) in [5, 5.41) is 0. The molecular formula is C26H27NO4. The standard InChI is InChI=1S/C26H27NO4/c1-20(2)27(17-21-11-5-3-6-12-21)25(28)19-31-26(29)24-16-10-9-13-22(24)18-30-23-14-7-4-8-15-23/h3-16,20H,17-19H2,1-2H3. The van der Waals surface area contributed by atoms with E-state index >= 15 is 0 Å². The van der Waals surface area contributed by atoms with E-state index < -0.39 is 5.97 Å². The maximum atomic E-state index is 12.7. The normalized spacial score (nSPS) is 10.5. The number of benzene rings is 3. The molecule has 0 saturated carbocycles. The van der Waals surface area contributed by atoms with Gasteiger partial charge < -0.3 is 14.4 Å². The molecule has 160 valence electrons. The van der Waals surface area contributed by atoms with E-state index in [1.54, 1.807) is 17.0 Å². The molecule has 1 amide bonds. The molecule has 0 fully saturated rings. The summed E-state index contributed by atoms with van der Waals surface area (Å²) in [6.45, 7) is 4.28. The molecule has 0 aliphatic rings. The molecule has 0 heterocycles. The molecule has 0 aromatic heterocycles. The van der Waals surface area contributed by atoms with Crippen molar-refractivity contribution in [3.63, 3.8) is 0 Å². The molecule has 0 aliphatic carbocycles. The van der Waals surface area contributed by atoms with Crippen LogP contribution in [0.1, 0.15) is 35.3 Å². The van der Waals surface area contributed by atoms with Crippen molar-refractivity contribution >= 4 is 11.9 Å². The lowest BCUT2D eigenvalue weighted by Gasteiger charge is -2.26. The van der Waals surface area contributed by atoms with Crippen LogP contribution in [0.3, 0.4) is 0 Å². The molecule has 0 spiro atoms. The van der Waals surface area contributed by atoms with Crippen LogP contribution in [0.2, 0.25) is 0 Å². The Balaban J connectivity index is 1.61. The van der Waals surface area contributed by atoms with E-state index in [9.17, 15) is 9.59 Å². The lowest BCUT2D eigenvalue weighted by molar-refractivity contribution is -0.136. The molecule has 0 bridgehead atoms. The van der Waals surface area contributed by atoms with E-state index in [1.165, 1.54) is 0 Å². The van der Waals surface area contributed by atoms with Crippen molar-refractivity contribution in [3.05, 3.63) is 102 Å². The minimum atomic E-state index is -0.538. The zero-order chi connectivity index (χ0) is 22.1. The first-order valence-electron chi connectivity index (χ1n) is 10.3. The smallest absolute Gasteiger partial charge is 0.339 e. The molecule has 31 heavy (non-hydrogen) atoms. The fourth-order valence-corrected chi connectivity index (χ4v) is 3.15. The second-order valence-corrected chi connectivity index (χ2v) is 7.44. The van der Waals surface area contributed by atoms with Crippen LogP contribution in [0.25, 0.3) is 0 Å². The number of para-hydroxylation sites is 1. The Morgan fingerprint density at radius 2 is 1.45 bits per heavy atom. The van der Waals surface area contributed by atoms with Gasteiger partial charge in [0, 0.05) is 18.2 Å². The molecule has 0 N–H and O–H groups in total. The van der Waals surface area contributed by atoms with Gasteiger partial charge in [0.05, 0.1) is 5.56 Å². The van der Waals surface area contributed by atoms with Crippen molar-refractivity contribution in [2.45, 2.75) is 33.0 Å². The molecule has 0 aliphatic heterocycles. The number of amides is 1. The topological polar surface area (TPSA) is 55.8 Å². The summed E-state index contributed by atoms with van der Waals surface area (Å²) in [6.07, 6.45) is 0. The van der Waals surface area contributed by atoms with Crippen LogP contribution in [0.4, 0.5) is 0 Å². The maximum absolute atomic E-state index is 12.7. The van der Waals surface area contributed by atoms with E-state index in [0.29, 0.717) is 23.4 Å². The molecule has 0 saturated heterocycles. The number of ether oxygens (including phenoxy) is 2. The third-order valence-electron chi connectivity index (χ3n) is 4.84. The van der Waals surface area contributed by atoms with Crippen LogP contribution >= 0.6 is 0 Å². The van der Waals surface area contributed by atoms with Gasteiger partial charge in [-0.15, -0.1) is 0 Å². The SMILES string of the molecule is CC(C)N(Cc1ccccc1)C(=O)COC(=O)c1ccccc1COc1ccccc1. The maximum Gasteiger partial charge on any atom is 0.339 e. The Hall–Kier alpha value is -3.60. The Morgan fingerprint density at radius 3 is 2.13 bits per heavy atom. The monoisotopic (exact) mass is 417 g/mol. The summed E-state index contributed by atoms with van der Waals surface area (Å²) < 4.78 is 11.1.